The molecule has 0 aliphatic heterocycles. The maximum atomic E-state index is 12.2. The maximum absolute atomic E-state index is 12.2. The summed E-state index contributed by atoms with van der Waals surface area (Å²) in [5, 5.41) is 14.0. The second-order valence-corrected chi connectivity index (χ2v) is 5.88. The van der Waals surface area contributed by atoms with Crippen molar-refractivity contribution < 1.29 is 4.79 Å². The average molecular weight is 363 g/mol. The van der Waals surface area contributed by atoms with Crippen LogP contribution < -0.4 is 10.6 Å². The van der Waals surface area contributed by atoms with Crippen molar-refractivity contribution in [3.63, 3.8) is 0 Å². The number of halogens is 1. The molecule has 116 valence electrons. The van der Waals surface area contributed by atoms with E-state index >= 15 is 0 Å². The highest BCUT2D eigenvalue weighted by molar-refractivity contribution is 9.10. The Kier molecular flexibility index (Phi) is 5.89. The van der Waals surface area contributed by atoms with Crippen LogP contribution in [0.15, 0.2) is 34.8 Å². The molecule has 1 aromatic carbocycles. The van der Waals surface area contributed by atoms with Gasteiger partial charge in [0.2, 0.25) is 0 Å². The topological polar surface area (TPSA) is 66.9 Å². The van der Waals surface area contributed by atoms with E-state index < -0.39 is 0 Å². The molecule has 1 heterocycles. The van der Waals surface area contributed by atoms with Gasteiger partial charge in [-0.2, -0.15) is 0 Å². The van der Waals surface area contributed by atoms with E-state index in [4.69, 9.17) is 0 Å². The fraction of sp³-hybridized carbons (Fsp3) is 0.312. The fourth-order valence-corrected chi connectivity index (χ4v) is 2.44. The van der Waals surface area contributed by atoms with Crippen molar-refractivity contribution in [2.24, 2.45) is 0 Å². The first-order valence-electron chi connectivity index (χ1n) is 7.25. The monoisotopic (exact) mass is 362 g/mol. The zero-order chi connectivity index (χ0) is 15.9. The number of carbonyl (C=O) groups excluding carboxylic acids is 1. The molecule has 2 N–H and O–H groups in total. The van der Waals surface area contributed by atoms with E-state index in [1.54, 1.807) is 12.1 Å². The third kappa shape index (κ3) is 4.53. The van der Waals surface area contributed by atoms with Gasteiger partial charge < -0.3 is 10.6 Å². The molecule has 0 saturated carbocycles. The van der Waals surface area contributed by atoms with Crippen LogP contribution in [0.1, 0.15) is 35.8 Å². The number of carbonyl (C=O) groups is 1. The number of amides is 1. The Balaban J connectivity index is 2.00. The van der Waals surface area contributed by atoms with E-state index in [0.717, 1.165) is 29.4 Å². The van der Waals surface area contributed by atoms with Crippen LogP contribution in [0, 0.1) is 6.92 Å². The molecule has 1 aromatic heterocycles. The molecule has 5 nitrogen and oxygen atoms in total. The first kappa shape index (κ1) is 16.4. The van der Waals surface area contributed by atoms with E-state index in [2.05, 4.69) is 43.7 Å². The number of hydrogen-bond donors (Lipinski definition) is 2. The Morgan fingerprint density at radius 2 is 2.05 bits per heavy atom. The standard InChI is InChI=1S/C16H19BrN4O/c1-3-4-9-18-15-8-7-14(20-21-15)16(22)19-13-6-5-11(2)10-12(13)17/h5-8,10H,3-4,9H2,1-2H3,(H,18,21)(H,19,22). The molecule has 0 saturated heterocycles. The zero-order valence-electron chi connectivity index (χ0n) is 12.7. The van der Waals surface area contributed by atoms with Crippen molar-refractivity contribution >= 4 is 33.3 Å². The van der Waals surface area contributed by atoms with Gasteiger partial charge in [0.05, 0.1) is 5.69 Å². The van der Waals surface area contributed by atoms with Gasteiger partial charge in [-0.25, -0.2) is 0 Å². The van der Waals surface area contributed by atoms with Crippen LogP contribution in [0.25, 0.3) is 0 Å². The predicted octanol–water partition coefficient (Wildman–Crippen LogP) is 4.01. The van der Waals surface area contributed by atoms with E-state index in [0.29, 0.717) is 11.5 Å². The molecule has 0 aliphatic rings. The lowest BCUT2D eigenvalue weighted by Crippen LogP contribution is -2.15. The summed E-state index contributed by atoms with van der Waals surface area (Å²) in [6.45, 7) is 4.98. The normalized spacial score (nSPS) is 10.3. The Morgan fingerprint density at radius 1 is 1.23 bits per heavy atom. The SMILES string of the molecule is CCCCNc1ccc(C(=O)Nc2ccc(C)cc2Br)nn1. The summed E-state index contributed by atoms with van der Waals surface area (Å²) in [5.74, 6) is 0.402. The molecule has 22 heavy (non-hydrogen) atoms. The molecule has 1 amide bonds. The molecule has 0 unspecified atom stereocenters. The molecular formula is C16H19BrN4O. The lowest BCUT2D eigenvalue weighted by molar-refractivity contribution is 0.102. The Labute approximate surface area is 138 Å². The number of benzene rings is 1. The number of nitrogens with one attached hydrogen (secondary N) is 2. The van der Waals surface area contributed by atoms with E-state index in [-0.39, 0.29) is 11.6 Å². The number of hydrogen-bond acceptors (Lipinski definition) is 4. The summed E-state index contributed by atoms with van der Waals surface area (Å²) in [5.41, 5.74) is 2.11. The summed E-state index contributed by atoms with van der Waals surface area (Å²) < 4.78 is 0.840. The van der Waals surface area contributed by atoms with Gasteiger partial charge in [-0.15, -0.1) is 10.2 Å². The van der Waals surface area contributed by atoms with Gasteiger partial charge in [-0.3, -0.25) is 4.79 Å². The minimum Gasteiger partial charge on any atom is -0.369 e. The average Bonchev–Trinajstić information content (AvgIpc) is 2.51. The summed E-state index contributed by atoms with van der Waals surface area (Å²) in [4.78, 5) is 12.2. The molecule has 0 fully saturated rings. The van der Waals surface area contributed by atoms with Crippen molar-refractivity contribution in [1.82, 2.24) is 10.2 Å². The van der Waals surface area contributed by atoms with Crippen molar-refractivity contribution in [1.29, 1.82) is 0 Å². The second kappa shape index (κ2) is 7.89. The highest BCUT2D eigenvalue weighted by Crippen LogP contribution is 2.23. The number of unbranched alkanes of at least 4 members (excludes halogenated alkanes) is 1. The van der Waals surface area contributed by atoms with Crippen LogP contribution in [-0.2, 0) is 0 Å². The van der Waals surface area contributed by atoms with Gasteiger partial charge in [0.15, 0.2) is 5.69 Å². The quantitative estimate of drug-likeness (QED) is 0.761. The van der Waals surface area contributed by atoms with Crippen molar-refractivity contribution in [3.8, 4) is 0 Å². The lowest BCUT2D eigenvalue weighted by atomic mass is 10.2. The summed E-state index contributed by atoms with van der Waals surface area (Å²) in [6.07, 6.45) is 2.19. The summed E-state index contributed by atoms with van der Waals surface area (Å²) in [7, 11) is 0. The second-order valence-electron chi connectivity index (χ2n) is 5.02. The van der Waals surface area contributed by atoms with E-state index in [9.17, 15) is 4.79 Å². The van der Waals surface area contributed by atoms with Crippen LogP contribution in [0.4, 0.5) is 11.5 Å². The smallest absolute Gasteiger partial charge is 0.276 e. The summed E-state index contributed by atoms with van der Waals surface area (Å²) in [6, 6.07) is 9.17. The Morgan fingerprint density at radius 3 is 2.68 bits per heavy atom. The number of aryl methyl sites for hydroxylation is 1. The third-order valence-electron chi connectivity index (χ3n) is 3.11. The molecule has 0 spiro atoms. The van der Waals surface area contributed by atoms with E-state index in [1.165, 1.54) is 0 Å². The number of nitrogens with zero attached hydrogens (tertiary/aromatic N) is 2. The molecule has 6 heteroatoms. The highest BCUT2D eigenvalue weighted by atomic mass is 79.9. The fourth-order valence-electron chi connectivity index (χ4n) is 1.85. The van der Waals surface area contributed by atoms with Gasteiger partial charge in [0.1, 0.15) is 5.82 Å². The molecule has 0 radical (unpaired) electrons. The highest BCUT2D eigenvalue weighted by Gasteiger charge is 2.10. The minimum atomic E-state index is -0.280. The molecular weight excluding hydrogens is 344 g/mol. The summed E-state index contributed by atoms with van der Waals surface area (Å²) >= 11 is 3.43. The van der Waals surface area contributed by atoms with Crippen LogP contribution in [0.3, 0.4) is 0 Å². The van der Waals surface area contributed by atoms with Crippen LogP contribution in [0.5, 0.6) is 0 Å². The largest absolute Gasteiger partial charge is 0.369 e. The van der Waals surface area contributed by atoms with Crippen molar-refractivity contribution in [3.05, 3.63) is 46.1 Å². The molecule has 0 atom stereocenters. The number of rotatable bonds is 6. The first-order valence-corrected chi connectivity index (χ1v) is 8.04. The third-order valence-corrected chi connectivity index (χ3v) is 3.76. The number of anilines is 2. The molecule has 0 aliphatic carbocycles. The van der Waals surface area contributed by atoms with Crippen LogP contribution in [-0.4, -0.2) is 22.6 Å². The van der Waals surface area contributed by atoms with Crippen LogP contribution >= 0.6 is 15.9 Å². The maximum Gasteiger partial charge on any atom is 0.276 e. The van der Waals surface area contributed by atoms with Crippen molar-refractivity contribution in [2.45, 2.75) is 26.7 Å². The predicted molar refractivity (Wildman–Crippen MR) is 92.3 cm³/mol. The zero-order valence-corrected chi connectivity index (χ0v) is 14.3. The van der Waals surface area contributed by atoms with Gasteiger partial charge in [0, 0.05) is 11.0 Å². The van der Waals surface area contributed by atoms with Crippen LogP contribution in [0.2, 0.25) is 0 Å². The molecule has 0 bridgehead atoms. The molecule has 2 rings (SSSR count). The van der Waals surface area contributed by atoms with Gasteiger partial charge in [-0.1, -0.05) is 19.4 Å². The Hall–Kier alpha value is -1.95. The minimum absolute atomic E-state index is 0.280. The lowest BCUT2D eigenvalue weighted by Gasteiger charge is -2.08. The van der Waals surface area contributed by atoms with Gasteiger partial charge >= 0.3 is 0 Å². The Bertz CT molecular complexity index is 643. The van der Waals surface area contributed by atoms with E-state index in [1.807, 2.05) is 25.1 Å². The number of aromatic nitrogens is 2. The van der Waals surface area contributed by atoms with Gasteiger partial charge in [0.25, 0.3) is 5.91 Å². The van der Waals surface area contributed by atoms with Crippen molar-refractivity contribution in [2.75, 3.05) is 17.2 Å². The molecule has 2 aromatic rings. The first-order chi connectivity index (χ1) is 10.6. The van der Waals surface area contributed by atoms with Gasteiger partial charge in [-0.05, 0) is 59.1 Å².